The number of esters is 1. The van der Waals surface area contributed by atoms with Gasteiger partial charge in [0.1, 0.15) is 0 Å². The summed E-state index contributed by atoms with van der Waals surface area (Å²) in [6.45, 7) is 6.19. The summed E-state index contributed by atoms with van der Waals surface area (Å²) in [7, 11) is 0. The summed E-state index contributed by atoms with van der Waals surface area (Å²) >= 11 is 0. The molecule has 26 heavy (non-hydrogen) atoms. The molecule has 1 heterocycles. The van der Waals surface area contributed by atoms with E-state index in [1.807, 2.05) is 48.5 Å². The Morgan fingerprint density at radius 2 is 1.62 bits per heavy atom. The van der Waals surface area contributed by atoms with Crippen LogP contribution in [-0.4, -0.2) is 25.0 Å². The maximum atomic E-state index is 12.0. The van der Waals surface area contributed by atoms with Crippen LogP contribution in [0.5, 0.6) is 0 Å². The van der Waals surface area contributed by atoms with Gasteiger partial charge in [-0.05, 0) is 49.3 Å². The molecule has 0 amide bonds. The van der Waals surface area contributed by atoms with Crippen molar-refractivity contribution in [3.8, 4) is 0 Å². The summed E-state index contributed by atoms with van der Waals surface area (Å²) in [5, 5.41) is 0. The van der Waals surface area contributed by atoms with Gasteiger partial charge in [0.05, 0.1) is 0 Å². The van der Waals surface area contributed by atoms with E-state index in [-0.39, 0.29) is 0 Å². The first kappa shape index (κ1) is 17.7. The minimum absolute atomic E-state index is 0.310. The number of hydrogen-bond donors (Lipinski definition) is 0. The van der Waals surface area contributed by atoms with Crippen molar-refractivity contribution in [2.45, 2.75) is 13.8 Å². The number of benzene rings is 2. The Bertz CT molecular complexity index is 845. The molecule has 0 aromatic heterocycles. The number of rotatable bonds is 6. The molecule has 132 valence electrons. The number of hydrogen-bond acceptors (Lipinski definition) is 4. The first-order valence-electron chi connectivity index (χ1n) is 8.80. The van der Waals surface area contributed by atoms with Crippen LogP contribution in [0.3, 0.4) is 0 Å². The zero-order valence-electron chi connectivity index (χ0n) is 15.1. The third-order valence-corrected chi connectivity index (χ3v) is 4.18. The Morgan fingerprint density at radius 3 is 2.27 bits per heavy atom. The minimum Gasteiger partial charge on any atom is -0.403 e. The highest BCUT2D eigenvalue weighted by Crippen LogP contribution is 2.20. The van der Waals surface area contributed by atoms with Crippen LogP contribution in [0.25, 0.3) is 12.2 Å². The van der Waals surface area contributed by atoms with Gasteiger partial charge in [0.25, 0.3) is 0 Å². The molecular formula is C22H22N2O2. The highest BCUT2D eigenvalue weighted by Gasteiger charge is 2.21. The molecule has 2 aromatic rings. The fourth-order valence-corrected chi connectivity index (χ4v) is 2.76. The van der Waals surface area contributed by atoms with E-state index in [2.05, 4.69) is 35.9 Å². The van der Waals surface area contributed by atoms with E-state index in [1.54, 1.807) is 12.2 Å². The summed E-state index contributed by atoms with van der Waals surface area (Å²) in [4.78, 5) is 18.6. The summed E-state index contributed by atoms with van der Waals surface area (Å²) in [6, 6.07) is 17.9. The summed E-state index contributed by atoms with van der Waals surface area (Å²) in [5.74, 6) is -0.115. The highest BCUT2D eigenvalue weighted by molar-refractivity contribution is 6.11. The molecule has 0 unspecified atom stereocenters. The molecule has 1 aliphatic rings. The van der Waals surface area contributed by atoms with E-state index >= 15 is 0 Å². The van der Waals surface area contributed by atoms with Crippen molar-refractivity contribution in [3.63, 3.8) is 0 Å². The van der Waals surface area contributed by atoms with E-state index in [4.69, 9.17) is 4.74 Å². The lowest BCUT2D eigenvalue weighted by atomic mass is 10.1. The summed E-state index contributed by atoms with van der Waals surface area (Å²) in [5.41, 5.74) is 3.43. The average Bonchev–Trinajstić information content (AvgIpc) is 3.03. The normalized spacial score (nSPS) is 15.4. The van der Waals surface area contributed by atoms with Gasteiger partial charge < -0.3 is 9.64 Å². The molecule has 0 aliphatic carbocycles. The van der Waals surface area contributed by atoms with Crippen LogP contribution in [-0.2, 0) is 9.53 Å². The lowest BCUT2D eigenvalue weighted by Gasteiger charge is -2.20. The molecule has 0 fully saturated rings. The predicted octanol–water partition coefficient (Wildman–Crippen LogP) is 4.54. The predicted molar refractivity (Wildman–Crippen MR) is 107 cm³/mol. The van der Waals surface area contributed by atoms with Crippen LogP contribution in [0.2, 0.25) is 0 Å². The fraction of sp³-hybridized carbons (Fsp3) is 0.182. The van der Waals surface area contributed by atoms with Gasteiger partial charge in [-0.15, -0.1) is 0 Å². The van der Waals surface area contributed by atoms with Crippen LogP contribution < -0.4 is 4.90 Å². The van der Waals surface area contributed by atoms with Crippen molar-refractivity contribution < 1.29 is 9.53 Å². The molecular weight excluding hydrogens is 324 g/mol. The van der Waals surface area contributed by atoms with E-state index in [1.165, 1.54) is 5.69 Å². The molecule has 0 spiro atoms. The second-order valence-electron chi connectivity index (χ2n) is 5.88. The average molecular weight is 346 g/mol. The van der Waals surface area contributed by atoms with Gasteiger partial charge in [-0.2, -0.15) is 0 Å². The van der Waals surface area contributed by atoms with E-state index in [9.17, 15) is 4.79 Å². The fourth-order valence-electron chi connectivity index (χ4n) is 2.76. The zero-order chi connectivity index (χ0) is 18.4. The molecule has 2 aromatic carbocycles. The minimum atomic E-state index is -0.425. The topological polar surface area (TPSA) is 41.9 Å². The molecule has 0 atom stereocenters. The molecule has 4 nitrogen and oxygen atoms in total. The molecule has 0 N–H and O–H groups in total. The van der Waals surface area contributed by atoms with Crippen molar-refractivity contribution in [1.29, 1.82) is 0 Å². The lowest BCUT2D eigenvalue weighted by Crippen LogP contribution is -2.21. The Labute approximate surface area is 154 Å². The maximum absolute atomic E-state index is 12.0. The van der Waals surface area contributed by atoms with Crippen molar-refractivity contribution in [3.05, 3.63) is 77.5 Å². The first-order chi connectivity index (χ1) is 12.7. The number of ether oxygens (including phenoxy) is 1. The van der Waals surface area contributed by atoms with E-state index in [0.29, 0.717) is 11.6 Å². The summed E-state index contributed by atoms with van der Waals surface area (Å²) in [6.07, 6.45) is 5.32. The van der Waals surface area contributed by atoms with Gasteiger partial charge in [-0.25, -0.2) is 9.79 Å². The number of anilines is 1. The van der Waals surface area contributed by atoms with E-state index in [0.717, 1.165) is 24.2 Å². The first-order valence-corrected chi connectivity index (χ1v) is 8.80. The van der Waals surface area contributed by atoms with Gasteiger partial charge in [-0.3, -0.25) is 0 Å². The number of carbonyl (C=O) groups is 1. The van der Waals surface area contributed by atoms with Gasteiger partial charge in [0.2, 0.25) is 5.90 Å². The molecule has 1 aliphatic heterocycles. The SMILES string of the molecule is CCN(CC)c1ccc(/C=C2N=C(/C=C/c3ccccc3)OC/2=O)cc1. The quantitative estimate of drug-likeness (QED) is 0.569. The van der Waals surface area contributed by atoms with Crippen molar-refractivity contribution >= 4 is 29.7 Å². The zero-order valence-corrected chi connectivity index (χ0v) is 15.1. The standard InChI is InChI=1S/C22H22N2O2/c1-3-24(4-2)19-13-10-18(11-14-19)16-20-22(25)26-21(23-20)15-12-17-8-6-5-7-9-17/h5-16H,3-4H2,1-2H3/b15-12+,20-16+. The third-order valence-electron chi connectivity index (χ3n) is 4.18. The molecule has 4 heteroatoms. The van der Waals surface area contributed by atoms with Crippen molar-refractivity contribution in [2.24, 2.45) is 4.99 Å². The van der Waals surface area contributed by atoms with Crippen LogP contribution in [0.15, 0.2) is 71.4 Å². The lowest BCUT2D eigenvalue weighted by molar-refractivity contribution is -0.129. The third kappa shape index (κ3) is 4.28. The van der Waals surface area contributed by atoms with Gasteiger partial charge >= 0.3 is 5.97 Å². The van der Waals surface area contributed by atoms with Crippen LogP contribution in [0.1, 0.15) is 25.0 Å². The maximum Gasteiger partial charge on any atom is 0.363 e. The Kier molecular flexibility index (Phi) is 5.64. The van der Waals surface area contributed by atoms with Crippen LogP contribution in [0, 0.1) is 0 Å². The second kappa shape index (κ2) is 8.30. The summed E-state index contributed by atoms with van der Waals surface area (Å²) < 4.78 is 5.21. The van der Waals surface area contributed by atoms with Crippen LogP contribution in [0.4, 0.5) is 5.69 Å². The van der Waals surface area contributed by atoms with Crippen molar-refractivity contribution in [2.75, 3.05) is 18.0 Å². The molecule has 0 bridgehead atoms. The number of nitrogens with zero attached hydrogens (tertiary/aromatic N) is 2. The van der Waals surface area contributed by atoms with E-state index < -0.39 is 5.97 Å². The van der Waals surface area contributed by atoms with Gasteiger partial charge in [0.15, 0.2) is 5.70 Å². The molecule has 0 radical (unpaired) electrons. The second-order valence-corrected chi connectivity index (χ2v) is 5.88. The number of aliphatic imine (C=N–C) groups is 1. The smallest absolute Gasteiger partial charge is 0.363 e. The molecule has 3 rings (SSSR count). The Morgan fingerprint density at radius 1 is 0.923 bits per heavy atom. The Balaban J connectivity index is 1.75. The number of carbonyl (C=O) groups excluding carboxylic acids is 1. The Hall–Kier alpha value is -3.14. The molecule has 0 saturated carbocycles. The highest BCUT2D eigenvalue weighted by atomic mass is 16.6. The van der Waals surface area contributed by atoms with Crippen LogP contribution >= 0.6 is 0 Å². The largest absolute Gasteiger partial charge is 0.403 e. The monoisotopic (exact) mass is 346 g/mol. The number of cyclic esters (lactones) is 1. The molecule has 0 saturated heterocycles. The van der Waals surface area contributed by atoms with Gasteiger partial charge in [-0.1, -0.05) is 42.5 Å². The van der Waals surface area contributed by atoms with Gasteiger partial charge in [0, 0.05) is 24.9 Å². The van der Waals surface area contributed by atoms with Crippen molar-refractivity contribution in [1.82, 2.24) is 0 Å².